The van der Waals surface area contributed by atoms with Gasteiger partial charge in [-0.25, -0.2) is 0 Å². The lowest BCUT2D eigenvalue weighted by Gasteiger charge is -2.26. The second kappa shape index (κ2) is 11.2. The summed E-state index contributed by atoms with van der Waals surface area (Å²) in [6.45, 7) is 0. The van der Waals surface area contributed by atoms with Crippen LogP contribution in [0.15, 0.2) is 170 Å². The first kappa shape index (κ1) is 26.9. The number of fused-ring (bicyclic) bond motifs is 6. The van der Waals surface area contributed by atoms with Gasteiger partial charge in [-0.3, -0.25) is 0 Å². The maximum atomic E-state index is 2.38. The van der Waals surface area contributed by atoms with Gasteiger partial charge in [-0.1, -0.05) is 91.0 Å². The molecule has 9 aromatic rings. The smallest absolute Gasteiger partial charge is 0.0554 e. The van der Waals surface area contributed by atoms with Crippen LogP contribution in [0.1, 0.15) is 0 Å². The van der Waals surface area contributed by atoms with E-state index < -0.39 is 0 Å². The Morgan fingerprint density at radius 2 is 0.783 bits per heavy atom. The molecule has 0 radical (unpaired) electrons. The van der Waals surface area contributed by atoms with Crippen molar-refractivity contribution in [3.63, 3.8) is 0 Å². The quantitative estimate of drug-likeness (QED) is 0.182. The maximum absolute atomic E-state index is 2.38. The van der Waals surface area contributed by atoms with Crippen LogP contribution in [0.3, 0.4) is 0 Å². The van der Waals surface area contributed by atoms with Crippen molar-refractivity contribution in [2.45, 2.75) is 0 Å². The zero-order chi connectivity index (χ0) is 30.5. The molecule has 0 bridgehead atoms. The van der Waals surface area contributed by atoms with Crippen molar-refractivity contribution in [2.24, 2.45) is 0 Å². The topological polar surface area (TPSA) is 6.48 Å². The van der Waals surface area contributed by atoms with E-state index in [1.807, 2.05) is 22.7 Å². The Bertz CT molecular complexity index is 2440. The van der Waals surface area contributed by atoms with Gasteiger partial charge in [0.15, 0.2) is 0 Å². The third-order valence-electron chi connectivity index (χ3n) is 8.62. The SMILES string of the molecule is c1ccc(N(c2ccc3c(c2)sc2ccccc23)c2ccc3c(c2)sc2cccc(N(c4ccccc4)c4ccccc4)c23)cc1. The van der Waals surface area contributed by atoms with Gasteiger partial charge in [0.25, 0.3) is 0 Å². The number of anilines is 6. The van der Waals surface area contributed by atoms with Crippen LogP contribution < -0.4 is 9.80 Å². The Kier molecular flexibility index (Phi) is 6.55. The van der Waals surface area contributed by atoms with Gasteiger partial charge in [-0.2, -0.15) is 0 Å². The van der Waals surface area contributed by atoms with Gasteiger partial charge in [-0.05, 0) is 78.9 Å². The Hall–Kier alpha value is -5.42. The van der Waals surface area contributed by atoms with Crippen molar-refractivity contribution in [2.75, 3.05) is 9.80 Å². The molecule has 0 aliphatic heterocycles. The molecule has 0 saturated heterocycles. The Morgan fingerprint density at radius 1 is 0.304 bits per heavy atom. The zero-order valence-electron chi connectivity index (χ0n) is 24.9. The average Bonchev–Trinajstić information content (AvgIpc) is 3.68. The van der Waals surface area contributed by atoms with E-state index in [9.17, 15) is 0 Å². The van der Waals surface area contributed by atoms with E-state index in [2.05, 4.69) is 180 Å². The highest BCUT2D eigenvalue weighted by atomic mass is 32.1. The van der Waals surface area contributed by atoms with Gasteiger partial charge < -0.3 is 9.80 Å². The molecule has 7 aromatic carbocycles. The molecular weight excluding hydrogens is 597 g/mol. The fourth-order valence-electron chi connectivity index (χ4n) is 6.58. The standard InChI is InChI=1S/C42H28N2S2/c1-4-13-29(14-5-1)43(32-23-25-35-34-19-10-11-21-38(34)45-40(35)27-32)33-24-26-36-41(28-33)46-39-22-12-20-37(42(36)39)44(30-15-6-2-7-16-30)31-17-8-3-9-18-31/h1-28H. The van der Waals surface area contributed by atoms with Crippen LogP contribution >= 0.6 is 22.7 Å². The summed E-state index contributed by atoms with van der Waals surface area (Å²) in [6.07, 6.45) is 0. The number of rotatable bonds is 6. The van der Waals surface area contributed by atoms with Crippen molar-refractivity contribution >= 4 is 97.1 Å². The zero-order valence-corrected chi connectivity index (χ0v) is 26.5. The number of nitrogens with zero attached hydrogens (tertiary/aromatic N) is 2. The lowest BCUT2D eigenvalue weighted by Crippen LogP contribution is -2.10. The van der Waals surface area contributed by atoms with Gasteiger partial charge in [0, 0.05) is 68.8 Å². The van der Waals surface area contributed by atoms with Gasteiger partial charge in [0.1, 0.15) is 0 Å². The Labute approximate surface area is 275 Å². The van der Waals surface area contributed by atoms with Crippen molar-refractivity contribution in [1.82, 2.24) is 0 Å². The molecule has 0 amide bonds. The van der Waals surface area contributed by atoms with E-state index >= 15 is 0 Å². The van der Waals surface area contributed by atoms with Gasteiger partial charge in [-0.15, -0.1) is 22.7 Å². The molecule has 218 valence electrons. The first-order valence-corrected chi connectivity index (χ1v) is 17.1. The van der Waals surface area contributed by atoms with Gasteiger partial charge in [0.05, 0.1) is 5.69 Å². The molecule has 46 heavy (non-hydrogen) atoms. The number of benzene rings is 7. The normalized spacial score (nSPS) is 11.5. The third kappa shape index (κ3) is 4.54. The highest BCUT2D eigenvalue weighted by Gasteiger charge is 2.20. The minimum absolute atomic E-state index is 1.14. The fourth-order valence-corrected chi connectivity index (χ4v) is 8.88. The summed E-state index contributed by atoms with van der Waals surface area (Å²) in [5, 5.41) is 5.18. The fraction of sp³-hybridized carbons (Fsp3) is 0. The summed E-state index contributed by atoms with van der Waals surface area (Å²) >= 11 is 3.72. The van der Waals surface area contributed by atoms with E-state index in [0.29, 0.717) is 0 Å². The van der Waals surface area contributed by atoms with E-state index in [0.717, 1.165) is 28.4 Å². The number of hydrogen-bond acceptors (Lipinski definition) is 4. The molecular formula is C42H28N2S2. The van der Waals surface area contributed by atoms with Crippen LogP contribution in [-0.2, 0) is 0 Å². The van der Waals surface area contributed by atoms with Crippen LogP contribution in [0, 0.1) is 0 Å². The minimum atomic E-state index is 1.14. The second-order valence-electron chi connectivity index (χ2n) is 11.4. The second-order valence-corrected chi connectivity index (χ2v) is 13.6. The summed E-state index contributed by atoms with van der Waals surface area (Å²) in [7, 11) is 0. The van der Waals surface area contributed by atoms with E-state index in [1.54, 1.807) is 0 Å². The molecule has 0 saturated carbocycles. The van der Waals surface area contributed by atoms with Crippen molar-refractivity contribution in [3.05, 3.63) is 170 Å². The van der Waals surface area contributed by atoms with Crippen molar-refractivity contribution < 1.29 is 0 Å². The van der Waals surface area contributed by atoms with Gasteiger partial charge in [0.2, 0.25) is 0 Å². The molecule has 0 N–H and O–H groups in total. The molecule has 2 aromatic heterocycles. The van der Waals surface area contributed by atoms with Crippen molar-refractivity contribution in [1.29, 1.82) is 0 Å². The first-order chi connectivity index (χ1) is 22.8. The lowest BCUT2D eigenvalue weighted by molar-refractivity contribution is 1.30. The molecule has 9 rings (SSSR count). The molecule has 4 heteroatoms. The molecule has 0 unspecified atom stereocenters. The Morgan fingerprint density at radius 3 is 1.43 bits per heavy atom. The van der Waals surface area contributed by atoms with E-state index in [4.69, 9.17) is 0 Å². The van der Waals surface area contributed by atoms with Crippen LogP contribution in [-0.4, -0.2) is 0 Å². The summed E-state index contributed by atoms with van der Waals surface area (Å²) in [4.78, 5) is 4.76. The first-order valence-electron chi connectivity index (χ1n) is 15.4. The molecule has 0 fully saturated rings. The number of para-hydroxylation sites is 3. The van der Waals surface area contributed by atoms with Crippen LogP contribution in [0.2, 0.25) is 0 Å². The highest BCUT2D eigenvalue weighted by Crippen LogP contribution is 2.47. The summed E-state index contributed by atoms with van der Waals surface area (Å²) in [5.41, 5.74) is 6.92. The maximum Gasteiger partial charge on any atom is 0.0554 e. The van der Waals surface area contributed by atoms with E-state index in [1.165, 1.54) is 46.0 Å². The summed E-state index contributed by atoms with van der Waals surface area (Å²) in [6, 6.07) is 61.3. The largest absolute Gasteiger partial charge is 0.310 e. The molecule has 2 nitrogen and oxygen atoms in total. The van der Waals surface area contributed by atoms with Crippen LogP contribution in [0.4, 0.5) is 34.1 Å². The number of thiophene rings is 2. The van der Waals surface area contributed by atoms with Crippen molar-refractivity contribution in [3.8, 4) is 0 Å². The average molecular weight is 625 g/mol. The van der Waals surface area contributed by atoms with E-state index in [-0.39, 0.29) is 0 Å². The van der Waals surface area contributed by atoms with Crippen LogP contribution in [0.5, 0.6) is 0 Å². The number of hydrogen-bond donors (Lipinski definition) is 0. The molecule has 0 aliphatic carbocycles. The van der Waals surface area contributed by atoms with Crippen LogP contribution in [0.25, 0.3) is 40.3 Å². The molecule has 2 heterocycles. The monoisotopic (exact) mass is 624 g/mol. The molecule has 0 aliphatic rings. The summed E-state index contributed by atoms with van der Waals surface area (Å²) < 4.78 is 5.17. The Balaban J connectivity index is 1.22. The van der Waals surface area contributed by atoms with Gasteiger partial charge >= 0.3 is 0 Å². The minimum Gasteiger partial charge on any atom is -0.310 e. The molecule has 0 atom stereocenters. The predicted molar refractivity (Wildman–Crippen MR) is 202 cm³/mol. The predicted octanol–water partition coefficient (Wildman–Crippen LogP) is 13.4. The molecule has 0 spiro atoms. The lowest BCUT2D eigenvalue weighted by atomic mass is 10.1. The summed E-state index contributed by atoms with van der Waals surface area (Å²) in [5.74, 6) is 0. The highest BCUT2D eigenvalue weighted by molar-refractivity contribution is 7.26. The third-order valence-corrected chi connectivity index (χ3v) is 10.9.